The molecule has 1 amide bonds. The minimum absolute atomic E-state index is 0.135. The van der Waals surface area contributed by atoms with Crippen molar-refractivity contribution >= 4 is 34.5 Å². The summed E-state index contributed by atoms with van der Waals surface area (Å²) in [4.78, 5) is 23.7. The maximum Gasteiger partial charge on any atom is 0.305 e. The van der Waals surface area contributed by atoms with Crippen LogP contribution in [0.4, 0.5) is 0 Å². The number of nitrogens with zero attached hydrogens (tertiary/aromatic N) is 2. The summed E-state index contributed by atoms with van der Waals surface area (Å²) in [6, 6.07) is 0. The summed E-state index contributed by atoms with van der Waals surface area (Å²) in [5, 5.41) is 18.2. The van der Waals surface area contributed by atoms with E-state index in [-0.39, 0.29) is 24.9 Å². The van der Waals surface area contributed by atoms with Crippen LogP contribution < -0.4 is 0 Å². The first-order valence-electron chi connectivity index (χ1n) is 6.02. The molecular formula is C12H25IN2O4. The number of aliphatic carboxylic acids is 1. The quantitative estimate of drug-likeness (QED) is 0.314. The molecule has 19 heavy (non-hydrogen) atoms. The Morgan fingerprint density at radius 2 is 1.68 bits per heavy atom. The molecule has 0 aromatic rings. The first-order chi connectivity index (χ1) is 8.58. The molecule has 0 aliphatic carbocycles. The fourth-order valence-electron chi connectivity index (χ4n) is 0.946. The van der Waals surface area contributed by atoms with E-state index in [1.165, 1.54) is 4.43 Å². The van der Waals surface area contributed by atoms with Crippen LogP contribution in [0.5, 0.6) is 0 Å². The molecule has 0 aliphatic heterocycles. The van der Waals surface area contributed by atoms with Crippen molar-refractivity contribution in [3.63, 3.8) is 0 Å². The van der Waals surface area contributed by atoms with Gasteiger partial charge in [0.2, 0.25) is 5.91 Å². The second kappa shape index (κ2) is 10.4. The van der Waals surface area contributed by atoms with E-state index in [9.17, 15) is 14.8 Å². The second-order valence-corrected chi connectivity index (χ2v) is 6.34. The van der Waals surface area contributed by atoms with Crippen LogP contribution >= 0.6 is 22.6 Å². The van der Waals surface area contributed by atoms with Gasteiger partial charge in [0.1, 0.15) is 0 Å². The van der Waals surface area contributed by atoms with Crippen molar-refractivity contribution in [3.05, 3.63) is 0 Å². The molecule has 0 fully saturated rings. The Bertz CT molecular complexity index is 283. The Balaban J connectivity index is 0. The van der Waals surface area contributed by atoms with Crippen LogP contribution in [0.25, 0.3) is 0 Å². The third-order valence-corrected chi connectivity index (χ3v) is 2.62. The van der Waals surface area contributed by atoms with Crippen LogP contribution in [0.15, 0.2) is 0 Å². The van der Waals surface area contributed by atoms with E-state index in [1.54, 1.807) is 0 Å². The topological polar surface area (TPSA) is 81.1 Å². The van der Waals surface area contributed by atoms with Gasteiger partial charge in [0.05, 0.1) is 13.0 Å². The van der Waals surface area contributed by atoms with E-state index in [0.29, 0.717) is 5.06 Å². The summed E-state index contributed by atoms with van der Waals surface area (Å²) >= 11 is 2.29. The van der Waals surface area contributed by atoms with E-state index in [4.69, 9.17) is 5.11 Å². The summed E-state index contributed by atoms with van der Waals surface area (Å²) in [5.74, 6) is -1.52. The zero-order valence-electron chi connectivity index (χ0n) is 12.3. The molecule has 7 heteroatoms. The highest BCUT2D eigenvalue weighted by atomic mass is 127. The summed E-state index contributed by atoms with van der Waals surface area (Å²) in [6.07, 6.45) is -0.124. The fourth-order valence-corrected chi connectivity index (χ4v) is 0.946. The number of alkyl halides is 1. The van der Waals surface area contributed by atoms with Crippen LogP contribution in [-0.4, -0.2) is 62.8 Å². The van der Waals surface area contributed by atoms with Gasteiger partial charge in [-0.25, -0.2) is 5.06 Å². The largest absolute Gasteiger partial charge is 0.481 e. The molecule has 0 radical (unpaired) electrons. The maximum absolute atomic E-state index is 11.5. The number of halogens is 1. The number of hydrogen-bond acceptors (Lipinski definition) is 4. The molecule has 0 saturated heterocycles. The van der Waals surface area contributed by atoms with E-state index in [2.05, 4.69) is 29.5 Å². The summed E-state index contributed by atoms with van der Waals surface area (Å²) < 4.78 is 1.22. The molecule has 2 N–H and O–H groups in total. The molecule has 0 rings (SSSR count). The average Bonchev–Trinajstić information content (AvgIpc) is 2.25. The second-order valence-electron chi connectivity index (χ2n) is 4.81. The van der Waals surface area contributed by atoms with Crippen LogP contribution in [0.3, 0.4) is 0 Å². The molecule has 0 unspecified atom stereocenters. The number of rotatable bonds is 6. The number of hydroxylamine groups is 2. The third-order valence-electron chi connectivity index (χ3n) is 2.62. The molecule has 0 saturated carbocycles. The molecule has 0 atom stereocenters. The van der Waals surface area contributed by atoms with Crippen molar-refractivity contribution in [2.45, 2.75) is 39.2 Å². The lowest BCUT2D eigenvalue weighted by molar-refractivity contribution is -0.169. The van der Waals surface area contributed by atoms with Gasteiger partial charge in [0, 0.05) is 12.0 Å². The van der Waals surface area contributed by atoms with Gasteiger partial charge in [-0.05, 0) is 32.4 Å². The van der Waals surface area contributed by atoms with Crippen molar-refractivity contribution in [2.75, 3.05) is 25.1 Å². The molecule has 0 spiro atoms. The van der Waals surface area contributed by atoms with Crippen molar-refractivity contribution in [1.29, 1.82) is 0 Å². The van der Waals surface area contributed by atoms with Crippen LogP contribution in [-0.2, 0) is 9.59 Å². The van der Waals surface area contributed by atoms with Gasteiger partial charge in [-0.3, -0.25) is 14.8 Å². The van der Waals surface area contributed by atoms with Gasteiger partial charge in [-0.1, -0.05) is 29.5 Å². The summed E-state index contributed by atoms with van der Waals surface area (Å²) in [7, 11) is 3.68. The Hall–Kier alpha value is -0.410. The van der Waals surface area contributed by atoms with Gasteiger partial charge in [0.15, 0.2) is 0 Å². The zero-order chi connectivity index (χ0) is 15.6. The lowest BCUT2D eigenvalue weighted by atomic mass is 9.99. The normalized spacial score (nSPS) is 10.7. The number of carboxylic acids is 1. The maximum atomic E-state index is 11.5. The Morgan fingerprint density at radius 3 is 2.00 bits per heavy atom. The highest BCUT2D eigenvalue weighted by Crippen LogP contribution is 2.16. The van der Waals surface area contributed by atoms with E-state index in [0.717, 1.165) is 0 Å². The molecule has 0 heterocycles. The predicted octanol–water partition coefficient (Wildman–Crippen LogP) is 1.85. The standard InChI is InChI=1S/C10H20N2O4.C2H5I/c1-10(2,11(3)4)7-8(13)12(16)6-5-9(14)15;1-2-3/h16H,5-7H2,1-4H3,(H,14,15);2H2,1H3. The highest BCUT2D eigenvalue weighted by Gasteiger charge is 2.26. The predicted molar refractivity (Wildman–Crippen MR) is 82.7 cm³/mol. The minimum atomic E-state index is -1.04. The number of amides is 1. The number of carbonyl (C=O) groups is 2. The van der Waals surface area contributed by atoms with E-state index >= 15 is 0 Å². The van der Waals surface area contributed by atoms with Crippen molar-refractivity contribution < 1.29 is 19.9 Å². The first kappa shape index (κ1) is 20.9. The van der Waals surface area contributed by atoms with Crippen LogP contribution in [0.2, 0.25) is 0 Å². The first-order valence-corrected chi connectivity index (χ1v) is 7.55. The Kier molecular flexibility index (Phi) is 11.4. The van der Waals surface area contributed by atoms with Gasteiger partial charge in [0.25, 0.3) is 0 Å². The van der Waals surface area contributed by atoms with Crippen molar-refractivity contribution in [3.8, 4) is 0 Å². The van der Waals surface area contributed by atoms with Gasteiger partial charge in [-0.15, -0.1) is 0 Å². The monoisotopic (exact) mass is 388 g/mol. The highest BCUT2D eigenvalue weighted by molar-refractivity contribution is 14.1. The van der Waals surface area contributed by atoms with Crippen LogP contribution in [0.1, 0.15) is 33.6 Å². The molecule has 6 nitrogen and oxygen atoms in total. The zero-order valence-corrected chi connectivity index (χ0v) is 14.5. The minimum Gasteiger partial charge on any atom is -0.481 e. The van der Waals surface area contributed by atoms with Gasteiger partial charge >= 0.3 is 5.97 Å². The molecular weight excluding hydrogens is 363 g/mol. The van der Waals surface area contributed by atoms with Gasteiger partial charge in [-0.2, -0.15) is 0 Å². The van der Waals surface area contributed by atoms with Gasteiger partial charge < -0.3 is 10.0 Å². The molecule has 0 bridgehead atoms. The van der Waals surface area contributed by atoms with Crippen molar-refractivity contribution in [2.24, 2.45) is 0 Å². The number of hydrogen-bond donors (Lipinski definition) is 2. The van der Waals surface area contributed by atoms with Crippen molar-refractivity contribution in [1.82, 2.24) is 9.96 Å². The Labute approximate surface area is 128 Å². The number of carbonyl (C=O) groups excluding carboxylic acids is 1. The number of carboxylic acid groups (broad SMARTS) is 1. The Morgan fingerprint density at radius 1 is 1.26 bits per heavy atom. The smallest absolute Gasteiger partial charge is 0.305 e. The molecule has 0 aromatic carbocycles. The molecule has 0 aliphatic rings. The van der Waals surface area contributed by atoms with E-state index in [1.807, 2.05) is 32.8 Å². The third kappa shape index (κ3) is 11.1. The molecule has 0 aromatic heterocycles. The summed E-state index contributed by atoms with van der Waals surface area (Å²) in [5.41, 5.74) is -0.374. The average molecular weight is 388 g/mol. The van der Waals surface area contributed by atoms with E-state index < -0.39 is 11.9 Å². The lowest BCUT2D eigenvalue weighted by Crippen LogP contribution is -2.43. The van der Waals surface area contributed by atoms with Crippen LogP contribution in [0, 0.1) is 0 Å². The summed E-state index contributed by atoms with van der Waals surface area (Å²) in [6.45, 7) is 5.67. The molecule has 114 valence electrons. The fraction of sp³-hybridized carbons (Fsp3) is 0.833. The lowest BCUT2D eigenvalue weighted by Gasteiger charge is -2.32. The SMILES string of the molecule is CCI.CN(C)C(C)(C)CC(=O)N(O)CCC(=O)O.